The van der Waals surface area contributed by atoms with Crippen molar-refractivity contribution in [2.45, 2.75) is 292 Å². The molecule has 5 heterocycles. The minimum atomic E-state index is -0.256. The second kappa shape index (κ2) is 52.8. The van der Waals surface area contributed by atoms with Crippen molar-refractivity contribution in [3.05, 3.63) is 0 Å². The predicted octanol–water partition coefficient (Wildman–Crippen LogP) is 13.2. The largest absolute Gasteiger partial charge is 0.469 e. The molecule has 5 unspecified atom stereocenters. The molecule has 5 amide bonds. The van der Waals surface area contributed by atoms with E-state index in [1.807, 2.05) is 26.5 Å². The van der Waals surface area contributed by atoms with E-state index in [9.17, 15) is 47.9 Å². The van der Waals surface area contributed by atoms with Crippen molar-refractivity contribution in [3.63, 3.8) is 0 Å². The summed E-state index contributed by atoms with van der Waals surface area (Å²) in [5, 5.41) is 0. The standard InChI is InChI=1S/C17H31NO3.C16H29NO3.C15H27NO3.C14H25NO3.C12H19NO3/c1-3-5-7-9-11-18-14-15(13-16(18)19)17(20)21-12-10-8-6-4-2;1-3-5-6-7-8-9-10-17-13-14(12-15(17)18)16(19)20-11-4-2;1-3-5-7-8-9-16-12-13(11-14(16)17)15(18)19-10-6-4-2;1-3-4-5-6-7-8-9-15-11-12(10-13(15)16)14(17)18-2;1-16-12(15)9-7-11(14)13(8-9)10-5-3-2-4-6-10/h15H,3-14H2,1-2H3;14H,3-13H2,1-2H3;13H,3-12H2,1-2H3;12H,3-11H2,1-2H3;9-10H,2-8H2,1H3. The van der Waals surface area contributed by atoms with Crippen LogP contribution in [0.3, 0.4) is 0 Å². The number of rotatable bonds is 40. The molecule has 5 aliphatic heterocycles. The molecule has 0 N–H and O–H groups in total. The SMILES string of the molecule is CCCCCCCCN1CC(C(=O)OC)CC1=O.CCCCCCCCN1CC(C(=O)OCCC)CC1=O.CCCCCCN1CC(C(=O)OCCCC)CC1=O.CCCCCCOC(=O)C1CC(=O)N(CCCCCC)C1.COC(=O)C1CC(=O)N(C2CCCCC2)C1. The molecular weight excluding hydrogens is 1200 g/mol. The van der Waals surface area contributed by atoms with Gasteiger partial charge in [-0.3, -0.25) is 47.9 Å². The third-order valence-electron chi connectivity index (χ3n) is 18.7. The lowest BCUT2D eigenvalue weighted by Gasteiger charge is -2.31. The average Bonchev–Trinajstić information content (AvgIpc) is 1.82. The number of amides is 5. The topological polar surface area (TPSA) is 233 Å². The second-order valence-corrected chi connectivity index (χ2v) is 26.8. The summed E-state index contributed by atoms with van der Waals surface area (Å²) >= 11 is 0. The fourth-order valence-electron chi connectivity index (χ4n) is 12.8. The Morgan fingerprint density at radius 1 is 0.309 bits per heavy atom. The van der Waals surface area contributed by atoms with Gasteiger partial charge in [0.05, 0.1) is 63.6 Å². The van der Waals surface area contributed by atoms with Crippen LogP contribution in [0, 0.1) is 29.6 Å². The maximum atomic E-state index is 11.9. The van der Waals surface area contributed by atoms with E-state index in [-0.39, 0.29) is 89.0 Å². The van der Waals surface area contributed by atoms with E-state index in [2.05, 4.69) is 46.3 Å². The molecule has 0 aromatic carbocycles. The lowest BCUT2D eigenvalue weighted by atomic mass is 9.94. The summed E-state index contributed by atoms with van der Waals surface area (Å²) in [6.45, 7) is 22.3. The fourth-order valence-corrected chi connectivity index (χ4v) is 12.8. The Morgan fingerprint density at radius 3 is 0.926 bits per heavy atom. The van der Waals surface area contributed by atoms with Gasteiger partial charge in [-0.2, -0.15) is 0 Å². The summed E-state index contributed by atoms with van der Waals surface area (Å²) in [7, 11) is 2.76. The Labute approximate surface area is 567 Å². The van der Waals surface area contributed by atoms with Gasteiger partial charge in [0.25, 0.3) is 0 Å². The normalized spacial score (nSPS) is 20.2. The van der Waals surface area contributed by atoms with Gasteiger partial charge in [-0.25, -0.2) is 0 Å². The summed E-state index contributed by atoms with van der Waals surface area (Å²) < 4.78 is 25.0. The zero-order valence-corrected chi connectivity index (χ0v) is 60.5. The molecule has 1 aliphatic carbocycles. The second-order valence-electron chi connectivity index (χ2n) is 26.8. The molecule has 20 nitrogen and oxygen atoms in total. The van der Waals surface area contributed by atoms with Crippen molar-refractivity contribution < 1.29 is 71.6 Å². The first-order chi connectivity index (χ1) is 45.5. The highest BCUT2D eigenvalue weighted by molar-refractivity contribution is 5.89. The van der Waals surface area contributed by atoms with Gasteiger partial charge in [-0.05, 0) is 57.8 Å². The van der Waals surface area contributed by atoms with Gasteiger partial charge in [0.1, 0.15) is 0 Å². The first-order valence-corrected chi connectivity index (χ1v) is 37.5. The molecule has 6 aliphatic rings. The molecule has 0 spiro atoms. The van der Waals surface area contributed by atoms with E-state index in [0.29, 0.717) is 90.7 Å². The maximum absolute atomic E-state index is 11.9. The van der Waals surface area contributed by atoms with E-state index in [1.54, 1.807) is 4.90 Å². The molecule has 6 fully saturated rings. The minimum absolute atomic E-state index is 0.0963. The summed E-state index contributed by atoms with van der Waals surface area (Å²) in [4.78, 5) is 126. The highest BCUT2D eigenvalue weighted by Crippen LogP contribution is 2.30. The van der Waals surface area contributed by atoms with Crippen molar-refractivity contribution in [1.82, 2.24) is 24.5 Å². The third kappa shape index (κ3) is 35.1. The number of carbonyl (C=O) groups is 10. The molecular formula is C74H131N5O15. The van der Waals surface area contributed by atoms with Crippen LogP contribution in [-0.4, -0.2) is 183 Å². The van der Waals surface area contributed by atoms with Crippen LogP contribution in [-0.2, 0) is 71.6 Å². The monoisotopic (exact) mass is 1330 g/mol. The van der Waals surface area contributed by atoms with Gasteiger partial charge in [0.15, 0.2) is 0 Å². The van der Waals surface area contributed by atoms with Crippen molar-refractivity contribution in [2.75, 3.05) is 92.9 Å². The Kier molecular flexibility index (Phi) is 47.7. The van der Waals surface area contributed by atoms with Crippen LogP contribution in [0.15, 0.2) is 0 Å². The molecule has 0 aromatic rings. The molecule has 1 saturated carbocycles. The third-order valence-corrected chi connectivity index (χ3v) is 18.7. The molecule has 0 radical (unpaired) electrons. The van der Waals surface area contributed by atoms with Crippen LogP contribution in [0.4, 0.5) is 0 Å². The molecule has 5 saturated heterocycles. The van der Waals surface area contributed by atoms with Gasteiger partial charge in [-0.15, -0.1) is 0 Å². The van der Waals surface area contributed by atoms with E-state index in [4.69, 9.17) is 18.9 Å². The van der Waals surface area contributed by atoms with Crippen LogP contribution >= 0.6 is 0 Å². The van der Waals surface area contributed by atoms with Crippen molar-refractivity contribution in [3.8, 4) is 0 Å². The van der Waals surface area contributed by atoms with Gasteiger partial charge < -0.3 is 48.2 Å². The molecule has 6 rings (SSSR count). The summed E-state index contributed by atoms with van der Waals surface area (Å²) in [6.07, 6.45) is 38.5. The number of nitrogens with zero attached hydrogens (tertiary/aromatic N) is 5. The Hall–Kier alpha value is -5.30. The Bertz CT molecular complexity index is 2160. The smallest absolute Gasteiger partial charge is 0.311 e. The number of likely N-dealkylation sites (tertiary alicyclic amines) is 5. The molecule has 94 heavy (non-hydrogen) atoms. The first kappa shape index (κ1) is 84.8. The molecule has 5 atom stereocenters. The Morgan fingerprint density at radius 2 is 0.585 bits per heavy atom. The first-order valence-electron chi connectivity index (χ1n) is 37.5. The number of unbranched alkanes of at least 4 members (excludes halogenated alkanes) is 20. The van der Waals surface area contributed by atoms with Crippen LogP contribution in [0.1, 0.15) is 286 Å². The van der Waals surface area contributed by atoms with Crippen molar-refractivity contribution in [1.29, 1.82) is 0 Å². The van der Waals surface area contributed by atoms with Crippen LogP contribution < -0.4 is 0 Å². The highest BCUT2D eigenvalue weighted by Gasteiger charge is 2.40. The van der Waals surface area contributed by atoms with Gasteiger partial charge >= 0.3 is 29.8 Å². The van der Waals surface area contributed by atoms with Crippen LogP contribution in [0.5, 0.6) is 0 Å². The highest BCUT2D eigenvalue weighted by atomic mass is 16.5. The molecule has 542 valence electrons. The number of hydrogen-bond donors (Lipinski definition) is 0. The minimum Gasteiger partial charge on any atom is -0.469 e. The van der Waals surface area contributed by atoms with E-state index in [0.717, 1.165) is 110 Å². The van der Waals surface area contributed by atoms with Gasteiger partial charge in [-0.1, -0.05) is 196 Å². The number of methoxy groups -OCH3 is 2. The molecule has 0 bridgehead atoms. The van der Waals surface area contributed by atoms with E-state index < -0.39 is 0 Å². The fraction of sp³-hybridized carbons (Fsp3) is 0.865. The summed E-state index contributed by atoms with van der Waals surface area (Å²) in [5.74, 6) is -1.74. The summed E-state index contributed by atoms with van der Waals surface area (Å²) in [5.41, 5.74) is 0. The summed E-state index contributed by atoms with van der Waals surface area (Å²) in [6, 6.07) is 0.371. The zero-order chi connectivity index (χ0) is 69.3. The number of esters is 5. The average molecular weight is 1330 g/mol. The van der Waals surface area contributed by atoms with Gasteiger partial charge in [0, 0.05) is 97.0 Å². The van der Waals surface area contributed by atoms with Crippen LogP contribution in [0.2, 0.25) is 0 Å². The lowest BCUT2D eigenvalue weighted by molar-refractivity contribution is -0.149. The molecule has 0 aromatic heterocycles. The molecule has 20 heteroatoms. The van der Waals surface area contributed by atoms with Gasteiger partial charge in [0.2, 0.25) is 29.5 Å². The zero-order valence-electron chi connectivity index (χ0n) is 60.5. The van der Waals surface area contributed by atoms with Crippen molar-refractivity contribution >= 4 is 59.4 Å². The van der Waals surface area contributed by atoms with Crippen LogP contribution in [0.25, 0.3) is 0 Å². The van der Waals surface area contributed by atoms with E-state index >= 15 is 0 Å². The quantitative estimate of drug-likeness (QED) is 0.0315. The number of hydrogen-bond acceptors (Lipinski definition) is 15. The lowest BCUT2D eigenvalue weighted by Crippen LogP contribution is -2.38. The number of ether oxygens (including phenoxy) is 5. The maximum Gasteiger partial charge on any atom is 0.311 e. The predicted molar refractivity (Wildman–Crippen MR) is 367 cm³/mol. The van der Waals surface area contributed by atoms with Crippen molar-refractivity contribution in [2.24, 2.45) is 29.6 Å². The Balaban J connectivity index is 0.000000401. The number of carbonyl (C=O) groups excluding carboxylic acids is 10. The van der Waals surface area contributed by atoms with E-state index in [1.165, 1.54) is 136 Å².